The summed E-state index contributed by atoms with van der Waals surface area (Å²) in [5.41, 5.74) is 2.30. The summed E-state index contributed by atoms with van der Waals surface area (Å²) in [7, 11) is 0. The third-order valence-corrected chi connectivity index (χ3v) is 7.58. The lowest BCUT2D eigenvalue weighted by Gasteiger charge is -2.44. The van der Waals surface area contributed by atoms with Crippen molar-refractivity contribution in [2.45, 2.75) is 116 Å². The van der Waals surface area contributed by atoms with Gasteiger partial charge in [0.05, 0.1) is 0 Å². The van der Waals surface area contributed by atoms with Crippen molar-refractivity contribution in [3.63, 3.8) is 0 Å². The van der Waals surface area contributed by atoms with Gasteiger partial charge in [0.25, 0.3) is 0 Å². The number of hydrogen-bond donors (Lipinski definition) is 3. The fraction of sp³-hybridized carbons (Fsp3) is 0.679. The lowest BCUT2D eigenvalue weighted by atomic mass is 9.87. The van der Waals surface area contributed by atoms with E-state index in [1.54, 1.807) is 25.7 Å². The van der Waals surface area contributed by atoms with Crippen LogP contribution in [0, 0.1) is 13.8 Å². The number of ether oxygens (including phenoxy) is 1. The van der Waals surface area contributed by atoms with Gasteiger partial charge in [0.1, 0.15) is 17.7 Å². The van der Waals surface area contributed by atoms with Gasteiger partial charge in [-0.05, 0) is 83.4 Å². The molecule has 0 radical (unpaired) electrons. The Bertz CT molecular complexity index is 935. The molecule has 0 aromatic heterocycles. The van der Waals surface area contributed by atoms with Crippen LogP contribution in [0.4, 0.5) is 4.79 Å². The van der Waals surface area contributed by atoms with Gasteiger partial charge in [0.2, 0.25) is 11.8 Å². The summed E-state index contributed by atoms with van der Waals surface area (Å²) < 4.78 is 5.39. The summed E-state index contributed by atoms with van der Waals surface area (Å²) in [5.74, 6) is -0.353. The zero-order valence-electron chi connectivity index (χ0n) is 22.4. The van der Waals surface area contributed by atoms with Crippen LogP contribution in [0.2, 0.25) is 0 Å². The van der Waals surface area contributed by atoms with Crippen LogP contribution in [0.15, 0.2) is 18.2 Å². The molecule has 2 atom stereocenters. The average Bonchev–Trinajstić information content (AvgIpc) is 2.77. The van der Waals surface area contributed by atoms with Crippen LogP contribution in [0.1, 0.15) is 94.9 Å². The van der Waals surface area contributed by atoms with Crippen molar-refractivity contribution in [2.24, 2.45) is 0 Å². The average molecular weight is 518 g/mol. The predicted molar refractivity (Wildman–Crippen MR) is 145 cm³/mol. The van der Waals surface area contributed by atoms with Crippen molar-refractivity contribution in [3.05, 3.63) is 34.9 Å². The Kier molecular flexibility index (Phi) is 9.72. The fourth-order valence-electron chi connectivity index (χ4n) is 4.90. The second kappa shape index (κ2) is 12.3. The van der Waals surface area contributed by atoms with E-state index < -0.39 is 23.8 Å². The third kappa shape index (κ3) is 7.40. The minimum Gasteiger partial charge on any atom is -0.444 e. The van der Waals surface area contributed by atoms with E-state index in [0.717, 1.165) is 61.6 Å². The van der Waals surface area contributed by atoms with Gasteiger partial charge in [-0.3, -0.25) is 9.59 Å². The number of nitrogens with one attached hydrogen (secondary N) is 2. The second-order valence-corrected chi connectivity index (χ2v) is 11.7. The molecule has 200 valence electrons. The molecule has 7 nitrogen and oxygen atoms in total. The summed E-state index contributed by atoms with van der Waals surface area (Å²) >= 11 is 4.38. The smallest absolute Gasteiger partial charge is 0.408 e. The van der Waals surface area contributed by atoms with Crippen molar-refractivity contribution in [1.29, 1.82) is 0 Å². The number of nitrogens with zero attached hydrogens (tertiary/aromatic N) is 1. The fourth-order valence-corrected chi connectivity index (χ4v) is 5.15. The Hall–Kier alpha value is -2.22. The van der Waals surface area contributed by atoms with E-state index in [0.29, 0.717) is 0 Å². The number of alkyl carbamates (subject to hydrolysis) is 1. The highest BCUT2D eigenvalue weighted by Crippen LogP contribution is 2.35. The first kappa shape index (κ1) is 28.4. The largest absolute Gasteiger partial charge is 0.444 e. The zero-order valence-corrected chi connectivity index (χ0v) is 23.3. The number of amides is 3. The van der Waals surface area contributed by atoms with Crippen molar-refractivity contribution in [3.8, 4) is 0 Å². The molecule has 2 aliphatic carbocycles. The maximum absolute atomic E-state index is 14.0. The molecule has 0 bridgehead atoms. The van der Waals surface area contributed by atoms with Crippen LogP contribution in [0.3, 0.4) is 0 Å². The van der Waals surface area contributed by atoms with Crippen LogP contribution in [-0.2, 0) is 14.3 Å². The van der Waals surface area contributed by atoms with Crippen LogP contribution < -0.4 is 10.6 Å². The summed E-state index contributed by atoms with van der Waals surface area (Å²) in [5, 5.41) is 5.95. The van der Waals surface area contributed by atoms with Crippen molar-refractivity contribution in [2.75, 3.05) is 5.75 Å². The Labute approximate surface area is 221 Å². The Balaban J connectivity index is 1.94. The second-order valence-electron chi connectivity index (χ2n) is 11.3. The summed E-state index contributed by atoms with van der Waals surface area (Å²) in [6, 6.07) is 4.35. The first-order chi connectivity index (χ1) is 17.0. The molecule has 2 unspecified atom stereocenters. The van der Waals surface area contributed by atoms with Crippen LogP contribution in [0.5, 0.6) is 0 Å². The van der Waals surface area contributed by atoms with Gasteiger partial charge < -0.3 is 20.3 Å². The van der Waals surface area contributed by atoms with Crippen molar-refractivity contribution < 1.29 is 19.1 Å². The molecule has 0 saturated heterocycles. The number of hydrogen-bond acceptors (Lipinski definition) is 5. The Morgan fingerprint density at radius 2 is 1.69 bits per heavy atom. The topological polar surface area (TPSA) is 87.7 Å². The maximum Gasteiger partial charge on any atom is 0.408 e. The van der Waals surface area contributed by atoms with E-state index in [9.17, 15) is 14.4 Å². The monoisotopic (exact) mass is 517 g/mol. The van der Waals surface area contributed by atoms with E-state index in [2.05, 4.69) is 23.3 Å². The number of aryl methyl sites for hydroxylation is 2. The Morgan fingerprint density at radius 1 is 1.03 bits per heavy atom. The standard InChI is InChI=1S/C28H43N3O4S/c1-18-14-15-20(16-19(18)2)24(25(32)29-21-10-7-6-8-11-21)31(22-12-9-13-22)26(33)23(17-36)30-27(34)35-28(3,4)5/h14-16,21-24,36H,6-13,17H2,1-5H3,(H,29,32)(H,30,34). The molecular weight excluding hydrogens is 474 g/mol. The summed E-state index contributed by atoms with van der Waals surface area (Å²) in [6.45, 7) is 9.38. The first-order valence-corrected chi connectivity index (χ1v) is 13.9. The lowest BCUT2D eigenvalue weighted by Crippen LogP contribution is -2.58. The van der Waals surface area contributed by atoms with Crippen LogP contribution in [0.25, 0.3) is 0 Å². The lowest BCUT2D eigenvalue weighted by molar-refractivity contribution is -0.147. The molecule has 1 aromatic rings. The van der Waals surface area contributed by atoms with Gasteiger partial charge in [-0.15, -0.1) is 0 Å². The van der Waals surface area contributed by atoms with E-state index in [-0.39, 0.29) is 29.7 Å². The first-order valence-electron chi connectivity index (χ1n) is 13.3. The van der Waals surface area contributed by atoms with Gasteiger partial charge in [0.15, 0.2) is 0 Å². The van der Waals surface area contributed by atoms with Gasteiger partial charge in [-0.2, -0.15) is 12.6 Å². The van der Waals surface area contributed by atoms with E-state index in [1.807, 2.05) is 32.0 Å². The highest BCUT2D eigenvalue weighted by Gasteiger charge is 2.42. The molecule has 0 heterocycles. The summed E-state index contributed by atoms with van der Waals surface area (Å²) in [6.07, 6.45) is 7.31. The normalized spacial score (nSPS) is 18.5. The molecule has 3 amide bonds. The molecule has 1 aromatic carbocycles. The van der Waals surface area contributed by atoms with Crippen LogP contribution >= 0.6 is 12.6 Å². The molecule has 2 fully saturated rings. The molecule has 36 heavy (non-hydrogen) atoms. The molecule has 0 aliphatic heterocycles. The van der Waals surface area contributed by atoms with Gasteiger partial charge in [0, 0.05) is 17.8 Å². The number of carbonyl (C=O) groups excluding carboxylic acids is 3. The molecule has 2 aliphatic rings. The maximum atomic E-state index is 14.0. The third-order valence-electron chi connectivity index (χ3n) is 7.22. The highest BCUT2D eigenvalue weighted by atomic mass is 32.1. The van der Waals surface area contributed by atoms with Crippen LogP contribution in [-0.4, -0.2) is 52.3 Å². The van der Waals surface area contributed by atoms with E-state index in [4.69, 9.17) is 4.74 Å². The number of benzene rings is 1. The zero-order chi connectivity index (χ0) is 26.5. The minimum atomic E-state index is -0.902. The number of thiol groups is 1. The summed E-state index contributed by atoms with van der Waals surface area (Å²) in [4.78, 5) is 42.1. The molecule has 2 saturated carbocycles. The molecular formula is C28H43N3O4S. The number of rotatable bonds is 8. The van der Waals surface area contributed by atoms with Crippen molar-refractivity contribution in [1.82, 2.24) is 15.5 Å². The van der Waals surface area contributed by atoms with E-state index >= 15 is 0 Å². The SMILES string of the molecule is Cc1ccc(C(C(=O)NC2CCCCC2)N(C(=O)C(CS)NC(=O)OC(C)(C)C)C2CCC2)cc1C. The van der Waals surface area contributed by atoms with Crippen molar-refractivity contribution >= 4 is 30.5 Å². The molecule has 2 N–H and O–H groups in total. The Morgan fingerprint density at radius 3 is 2.22 bits per heavy atom. The molecule has 0 spiro atoms. The molecule has 3 rings (SSSR count). The van der Waals surface area contributed by atoms with E-state index in [1.165, 1.54) is 6.42 Å². The van der Waals surface area contributed by atoms with Gasteiger partial charge in [-0.1, -0.05) is 37.5 Å². The van der Waals surface area contributed by atoms with Gasteiger partial charge in [-0.25, -0.2) is 4.79 Å². The quantitative estimate of drug-likeness (QED) is 0.424. The highest BCUT2D eigenvalue weighted by molar-refractivity contribution is 7.80. The van der Waals surface area contributed by atoms with Gasteiger partial charge >= 0.3 is 6.09 Å². The number of carbonyl (C=O) groups is 3. The predicted octanol–water partition coefficient (Wildman–Crippen LogP) is 5.00. The molecule has 8 heteroatoms. The minimum absolute atomic E-state index is 0.0657.